The van der Waals surface area contributed by atoms with Crippen LogP contribution >= 0.6 is 0 Å². The maximum absolute atomic E-state index is 11.6. The van der Waals surface area contributed by atoms with Crippen molar-refractivity contribution >= 4 is 12.0 Å². The third-order valence-corrected chi connectivity index (χ3v) is 3.50. The number of aliphatic carboxylic acids is 1. The number of nitrogens with one attached hydrogen (secondary N) is 2. The Kier molecular flexibility index (Phi) is 5.40. The average molecular weight is 258 g/mol. The van der Waals surface area contributed by atoms with Gasteiger partial charge in [0.25, 0.3) is 0 Å². The minimum absolute atomic E-state index is 0.0240. The van der Waals surface area contributed by atoms with Crippen molar-refractivity contribution in [3.05, 3.63) is 0 Å². The standard InChI is InChI=1S/C12H22N2O4/c1-7(9-5-3-4-6-9)13-12(18)14-10(8(2)15)11(16)17/h7-10,15H,3-6H2,1-2H3,(H,16,17)(H2,13,14,18). The lowest BCUT2D eigenvalue weighted by molar-refractivity contribution is -0.141. The lowest BCUT2D eigenvalue weighted by Gasteiger charge is -2.23. The van der Waals surface area contributed by atoms with E-state index in [1.165, 1.54) is 19.8 Å². The average Bonchev–Trinajstić information content (AvgIpc) is 2.78. The predicted molar refractivity (Wildman–Crippen MR) is 66.2 cm³/mol. The first-order chi connectivity index (χ1) is 8.41. The van der Waals surface area contributed by atoms with Gasteiger partial charge in [-0.3, -0.25) is 0 Å². The molecule has 1 aliphatic carbocycles. The number of rotatable bonds is 5. The molecule has 0 spiro atoms. The van der Waals surface area contributed by atoms with E-state index < -0.39 is 24.1 Å². The summed E-state index contributed by atoms with van der Waals surface area (Å²) in [4.78, 5) is 22.4. The second kappa shape index (κ2) is 6.58. The zero-order valence-corrected chi connectivity index (χ0v) is 10.8. The van der Waals surface area contributed by atoms with Crippen LogP contribution in [0, 0.1) is 5.92 Å². The smallest absolute Gasteiger partial charge is 0.328 e. The van der Waals surface area contributed by atoms with Crippen LogP contribution in [0.2, 0.25) is 0 Å². The zero-order valence-electron chi connectivity index (χ0n) is 10.8. The van der Waals surface area contributed by atoms with E-state index in [-0.39, 0.29) is 6.04 Å². The predicted octanol–water partition coefficient (Wildman–Crippen LogP) is 0.698. The van der Waals surface area contributed by atoms with Gasteiger partial charge in [0, 0.05) is 6.04 Å². The number of hydrogen-bond acceptors (Lipinski definition) is 3. The molecule has 1 aliphatic rings. The quantitative estimate of drug-likeness (QED) is 0.583. The van der Waals surface area contributed by atoms with Gasteiger partial charge in [-0.1, -0.05) is 12.8 Å². The van der Waals surface area contributed by atoms with Crippen molar-refractivity contribution in [2.75, 3.05) is 0 Å². The first-order valence-corrected chi connectivity index (χ1v) is 6.39. The van der Waals surface area contributed by atoms with E-state index in [1.54, 1.807) is 0 Å². The highest BCUT2D eigenvalue weighted by Gasteiger charge is 2.27. The molecule has 0 heterocycles. The Labute approximate surface area is 107 Å². The van der Waals surface area contributed by atoms with E-state index in [2.05, 4.69) is 10.6 Å². The van der Waals surface area contributed by atoms with Crippen molar-refractivity contribution in [2.45, 2.75) is 57.7 Å². The molecule has 6 nitrogen and oxygen atoms in total. The van der Waals surface area contributed by atoms with Gasteiger partial charge in [0.15, 0.2) is 6.04 Å². The number of carboxylic acids is 1. The monoisotopic (exact) mass is 258 g/mol. The van der Waals surface area contributed by atoms with Crippen molar-refractivity contribution < 1.29 is 19.8 Å². The molecule has 104 valence electrons. The molecule has 0 saturated heterocycles. The highest BCUT2D eigenvalue weighted by molar-refractivity contribution is 5.83. The first-order valence-electron chi connectivity index (χ1n) is 6.39. The van der Waals surface area contributed by atoms with Gasteiger partial charge in [-0.25, -0.2) is 9.59 Å². The molecular weight excluding hydrogens is 236 g/mol. The normalized spacial score (nSPS) is 21.1. The molecule has 1 rings (SSSR count). The summed E-state index contributed by atoms with van der Waals surface area (Å²) in [5.41, 5.74) is 0. The van der Waals surface area contributed by atoms with Crippen LogP contribution < -0.4 is 10.6 Å². The molecule has 3 unspecified atom stereocenters. The number of amides is 2. The van der Waals surface area contributed by atoms with Crippen molar-refractivity contribution in [1.82, 2.24) is 10.6 Å². The number of carbonyl (C=O) groups excluding carboxylic acids is 1. The topological polar surface area (TPSA) is 98.7 Å². The summed E-state index contributed by atoms with van der Waals surface area (Å²) in [6.45, 7) is 3.26. The zero-order chi connectivity index (χ0) is 13.7. The number of carbonyl (C=O) groups is 2. The van der Waals surface area contributed by atoms with Crippen molar-refractivity contribution in [2.24, 2.45) is 5.92 Å². The second-order valence-electron chi connectivity index (χ2n) is 5.01. The molecule has 0 aromatic rings. The Balaban J connectivity index is 2.42. The maximum Gasteiger partial charge on any atom is 0.328 e. The van der Waals surface area contributed by atoms with Crippen LogP contribution in [-0.4, -0.2) is 40.4 Å². The summed E-state index contributed by atoms with van der Waals surface area (Å²) in [7, 11) is 0. The van der Waals surface area contributed by atoms with Gasteiger partial charge in [0.05, 0.1) is 6.10 Å². The molecule has 0 aliphatic heterocycles. The lowest BCUT2D eigenvalue weighted by atomic mass is 10.0. The lowest BCUT2D eigenvalue weighted by Crippen LogP contribution is -2.53. The number of hydrogen-bond donors (Lipinski definition) is 4. The van der Waals surface area contributed by atoms with Crippen LogP contribution in [0.3, 0.4) is 0 Å². The summed E-state index contributed by atoms with van der Waals surface area (Å²) in [6.07, 6.45) is 3.43. The molecule has 0 radical (unpaired) electrons. The summed E-state index contributed by atoms with van der Waals surface area (Å²) in [6, 6.07) is -1.79. The summed E-state index contributed by atoms with van der Waals surface area (Å²) in [5.74, 6) is -0.778. The third kappa shape index (κ3) is 4.18. The number of aliphatic hydroxyl groups is 1. The van der Waals surface area contributed by atoms with Crippen LogP contribution in [-0.2, 0) is 4.79 Å². The number of carboxylic acid groups (broad SMARTS) is 1. The fourth-order valence-corrected chi connectivity index (χ4v) is 2.35. The maximum atomic E-state index is 11.6. The summed E-state index contributed by atoms with van der Waals surface area (Å²) < 4.78 is 0. The van der Waals surface area contributed by atoms with Gasteiger partial charge in [0.1, 0.15) is 0 Å². The Bertz CT molecular complexity index is 300. The Hall–Kier alpha value is -1.30. The van der Waals surface area contributed by atoms with Crippen LogP contribution in [0.25, 0.3) is 0 Å². The van der Waals surface area contributed by atoms with E-state index in [0.717, 1.165) is 12.8 Å². The number of aliphatic hydroxyl groups excluding tert-OH is 1. The van der Waals surface area contributed by atoms with Crippen LogP contribution in [0.4, 0.5) is 4.79 Å². The van der Waals surface area contributed by atoms with E-state index in [1.807, 2.05) is 6.92 Å². The van der Waals surface area contributed by atoms with Gasteiger partial charge < -0.3 is 20.8 Å². The highest BCUT2D eigenvalue weighted by atomic mass is 16.4. The van der Waals surface area contributed by atoms with Gasteiger partial charge >= 0.3 is 12.0 Å². The molecule has 18 heavy (non-hydrogen) atoms. The fraction of sp³-hybridized carbons (Fsp3) is 0.833. The molecule has 6 heteroatoms. The number of urea groups is 1. The van der Waals surface area contributed by atoms with Gasteiger partial charge in [-0.15, -0.1) is 0 Å². The molecule has 1 saturated carbocycles. The minimum atomic E-state index is -1.28. The van der Waals surface area contributed by atoms with E-state index in [4.69, 9.17) is 5.11 Å². The highest BCUT2D eigenvalue weighted by Crippen LogP contribution is 2.27. The SMILES string of the molecule is CC(O)C(NC(=O)NC(C)C1CCCC1)C(=O)O. The minimum Gasteiger partial charge on any atom is -0.480 e. The van der Waals surface area contributed by atoms with Gasteiger partial charge in [-0.2, -0.15) is 0 Å². The molecule has 0 bridgehead atoms. The first kappa shape index (κ1) is 14.8. The second-order valence-corrected chi connectivity index (χ2v) is 5.01. The molecule has 2 amide bonds. The van der Waals surface area contributed by atoms with Gasteiger partial charge in [-0.05, 0) is 32.6 Å². The third-order valence-electron chi connectivity index (χ3n) is 3.50. The molecular formula is C12H22N2O4. The van der Waals surface area contributed by atoms with Crippen molar-refractivity contribution in [1.29, 1.82) is 0 Å². The molecule has 4 N–H and O–H groups in total. The Morgan fingerprint density at radius 1 is 1.17 bits per heavy atom. The van der Waals surface area contributed by atoms with Crippen molar-refractivity contribution in [3.8, 4) is 0 Å². The molecule has 0 aromatic carbocycles. The summed E-state index contributed by atoms with van der Waals surface area (Å²) >= 11 is 0. The Morgan fingerprint density at radius 2 is 1.72 bits per heavy atom. The fourth-order valence-electron chi connectivity index (χ4n) is 2.35. The molecule has 1 fully saturated rings. The van der Waals surface area contributed by atoms with Crippen LogP contribution in [0.5, 0.6) is 0 Å². The molecule has 3 atom stereocenters. The van der Waals surface area contributed by atoms with Crippen LogP contribution in [0.1, 0.15) is 39.5 Å². The van der Waals surface area contributed by atoms with E-state index in [0.29, 0.717) is 5.92 Å². The van der Waals surface area contributed by atoms with Gasteiger partial charge in [0.2, 0.25) is 0 Å². The van der Waals surface area contributed by atoms with E-state index in [9.17, 15) is 14.7 Å². The molecule has 0 aromatic heterocycles. The largest absolute Gasteiger partial charge is 0.480 e. The summed E-state index contributed by atoms with van der Waals surface area (Å²) in [5, 5.41) is 23.1. The Morgan fingerprint density at radius 3 is 2.17 bits per heavy atom. The van der Waals surface area contributed by atoms with Crippen molar-refractivity contribution in [3.63, 3.8) is 0 Å². The van der Waals surface area contributed by atoms with Crippen LogP contribution in [0.15, 0.2) is 0 Å². The van der Waals surface area contributed by atoms with E-state index >= 15 is 0 Å².